The van der Waals surface area contributed by atoms with Gasteiger partial charge in [-0.15, -0.1) is 0 Å². The van der Waals surface area contributed by atoms with Gasteiger partial charge in [-0.3, -0.25) is 4.79 Å². The van der Waals surface area contributed by atoms with Gasteiger partial charge in [-0.05, 0) is 48.6 Å². The summed E-state index contributed by atoms with van der Waals surface area (Å²) in [5.74, 6) is 1.88. The Bertz CT molecular complexity index is 631. The standard InChI is InChI=1S/C19H27ClN2O3/c1-13(2)12-25-19-16(20)8-14(9-17(19)24-3)4-5-18(23)22-7-6-15(10-21)11-22/h4-5,8-9,13,15H,6-7,10-12,21H2,1-3H3/b5-4+. The largest absolute Gasteiger partial charge is 0.493 e. The fourth-order valence-corrected chi connectivity index (χ4v) is 3.00. The Labute approximate surface area is 154 Å². The maximum atomic E-state index is 12.3. The van der Waals surface area contributed by atoms with Crippen LogP contribution >= 0.6 is 11.6 Å². The molecular formula is C19H27ClN2O3. The zero-order valence-electron chi connectivity index (χ0n) is 15.1. The van der Waals surface area contributed by atoms with Gasteiger partial charge in [-0.25, -0.2) is 0 Å². The van der Waals surface area contributed by atoms with Crippen molar-refractivity contribution in [3.8, 4) is 11.5 Å². The van der Waals surface area contributed by atoms with E-state index in [9.17, 15) is 4.79 Å². The molecule has 0 saturated carbocycles. The summed E-state index contributed by atoms with van der Waals surface area (Å²) in [6, 6.07) is 3.59. The van der Waals surface area contributed by atoms with E-state index in [1.54, 1.807) is 25.3 Å². The molecule has 2 N–H and O–H groups in total. The second-order valence-corrected chi connectivity index (χ2v) is 7.15. The van der Waals surface area contributed by atoms with Gasteiger partial charge in [0, 0.05) is 19.2 Å². The van der Waals surface area contributed by atoms with Crippen LogP contribution in [0.3, 0.4) is 0 Å². The van der Waals surface area contributed by atoms with Crippen LogP contribution in [-0.4, -0.2) is 44.2 Å². The molecule has 5 nitrogen and oxygen atoms in total. The van der Waals surface area contributed by atoms with Crippen molar-refractivity contribution in [2.45, 2.75) is 20.3 Å². The highest BCUT2D eigenvalue weighted by Crippen LogP contribution is 2.37. The van der Waals surface area contributed by atoms with Crippen LogP contribution in [-0.2, 0) is 4.79 Å². The second kappa shape index (κ2) is 9.11. The number of methoxy groups -OCH3 is 1. The first-order valence-corrected chi connectivity index (χ1v) is 8.99. The summed E-state index contributed by atoms with van der Waals surface area (Å²) >= 11 is 6.33. The van der Waals surface area contributed by atoms with Crippen LogP contribution in [0.5, 0.6) is 11.5 Å². The lowest BCUT2D eigenvalue weighted by Crippen LogP contribution is -2.28. The zero-order valence-corrected chi connectivity index (χ0v) is 15.9. The van der Waals surface area contributed by atoms with Crippen molar-refractivity contribution in [2.75, 3.05) is 33.4 Å². The topological polar surface area (TPSA) is 64.8 Å². The van der Waals surface area contributed by atoms with Gasteiger partial charge < -0.3 is 20.1 Å². The Kier molecular flexibility index (Phi) is 7.14. The van der Waals surface area contributed by atoms with Crippen LogP contribution in [0, 0.1) is 11.8 Å². The van der Waals surface area contributed by atoms with Gasteiger partial charge in [0.2, 0.25) is 5.91 Å². The van der Waals surface area contributed by atoms with Gasteiger partial charge in [0.05, 0.1) is 18.7 Å². The monoisotopic (exact) mass is 366 g/mol. The van der Waals surface area contributed by atoms with Crippen molar-refractivity contribution < 1.29 is 14.3 Å². The van der Waals surface area contributed by atoms with Crippen molar-refractivity contribution in [1.29, 1.82) is 0 Å². The van der Waals surface area contributed by atoms with Gasteiger partial charge >= 0.3 is 0 Å². The molecule has 1 saturated heterocycles. The fraction of sp³-hybridized carbons (Fsp3) is 0.526. The molecule has 1 heterocycles. The van der Waals surface area contributed by atoms with E-state index in [1.807, 2.05) is 11.0 Å². The molecule has 0 aromatic heterocycles. The predicted molar refractivity (Wildman–Crippen MR) is 101 cm³/mol. The van der Waals surface area contributed by atoms with E-state index in [2.05, 4.69) is 13.8 Å². The first-order chi connectivity index (χ1) is 11.9. The number of ether oxygens (including phenoxy) is 2. The number of likely N-dealkylation sites (tertiary alicyclic amines) is 1. The maximum Gasteiger partial charge on any atom is 0.246 e. The Hall–Kier alpha value is -1.72. The number of carbonyl (C=O) groups is 1. The summed E-state index contributed by atoms with van der Waals surface area (Å²) in [5.41, 5.74) is 6.46. The number of halogens is 1. The Morgan fingerprint density at radius 3 is 2.84 bits per heavy atom. The van der Waals surface area contributed by atoms with Crippen LogP contribution in [0.25, 0.3) is 6.08 Å². The fourth-order valence-electron chi connectivity index (χ4n) is 2.72. The van der Waals surface area contributed by atoms with E-state index >= 15 is 0 Å². The number of rotatable bonds is 7. The van der Waals surface area contributed by atoms with Gasteiger partial charge in [0.1, 0.15) is 0 Å². The Balaban J connectivity index is 2.09. The lowest BCUT2D eigenvalue weighted by atomic mass is 10.1. The van der Waals surface area contributed by atoms with Gasteiger partial charge in [0.25, 0.3) is 0 Å². The molecule has 138 valence electrons. The number of nitrogens with zero attached hydrogens (tertiary/aromatic N) is 1. The average molecular weight is 367 g/mol. The van der Waals surface area contributed by atoms with E-state index in [0.29, 0.717) is 41.5 Å². The molecule has 6 heteroatoms. The first kappa shape index (κ1) is 19.6. The molecule has 1 aromatic rings. The zero-order chi connectivity index (χ0) is 18.4. The molecule has 25 heavy (non-hydrogen) atoms. The summed E-state index contributed by atoms with van der Waals surface area (Å²) < 4.78 is 11.1. The second-order valence-electron chi connectivity index (χ2n) is 6.75. The van der Waals surface area contributed by atoms with Crippen molar-refractivity contribution in [3.63, 3.8) is 0 Å². The molecular weight excluding hydrogens is 340 g/mol. The quantitative estimate of drug-likeness (QED) is 0.752. The maximum absolute atomic E-state index is 12.3. The number of hydrogen-bond acceptors (Lipinski definition) is 4. The highest BCUT2D eigenvalue weighted by molar-refractivity contribution is 6.32. The van der Waals surface area contributed by atoms with E-state index in [1.165, 1.54) is 0 Å². The first-order valence-electron chi connectivity index (χ1n) is 8.62. The number of amides is 1. The van der Waals surface area contributed by atoms with Gasteiger partial charge in [-0.1, -0.05) is 25.4 Å². The molecule has 1 amide bonds. The highest BCUT2D eigenvalue weighted by atomic mass is 35.5. The van der Waals surface area contributed by atoms with Gasteiger partial charge in [0.15, 0.2) is 11.5 Å². The molecule has 0 aliphatic carbocycles. The minimum atomic E-state index is -0.00817. The van der Waals surface area contributed by atoms with E-state index in [0.717, 1.165) is 25.1 Å². The molecule has 1 aliphatic heterocycles. The molecule has 0 spiro atoms. The number of carbonyl (C=O) groups excluding carboxylic acids is 1. The Morgan fingerprint density at radius 2 is 2.24 bits per heavy atom. The molecule has 1 fully saturated rings. The number of nitrogens with two attached hydrogens (primary N) is 1. The van der Waals surface area contributed by atoms with Crippen molar-refractivity contribution >= 4 is 23.6 Å². The molecule has 1 aliphatic rings. The third-order valence-corrected chi connectivity index (χ3v) is 4.44. The van der Waals surface area contributed by atoms with Crippen LogP contribution in [0.2, 0.25) is 5.02 Å². The summed E-state index contributed by atoms with van der Waals surface area (Å²) in [5, 5.41) is 0.469. The minimum absolute atomic E-state index is 0.00817. The van der Waals surface area contributed by atoms with Crippen molar-refractivity contribution in [2.24, 2.45) is 17.6 Å². The summed E-state index contributed by atoms with van der Waals surface area (Å²) in [7, 11) is 1.57. The third kappa shape index (κ3) is 5.38. The third-order valence-electron chi connectivity index (χ3n) is 4.16. The van der Waals surface area contributed by atoms with E-state index < -0.39 is 0 Å². The predicted octanol–water partition coefficient (Wildman–Crippen LogP) is 3.20. The number of benzene rings is 1. The summed E-state index contributed by atoms with van der Waals surface area (Å²) in [4.78, 5) is 14.1. The number of hydrogen-bond donors (Lipinski definition) is 1. The van der Waals surface area contributed by atoms with Crippen molar-refractivity contribution in [1.82, 2.24) is 4.90 Å². The molecule has 0 bridgehead atoms. The lowest BCUT2D eigenvalue weighted by Gasteiger charge is -2.15. The minimum Gasteiger partial charge on any atom is -0.493 e. The van der Waals surface area contributed by atoms with Crippen LogP contribution in [0.4, 0.5) is 0 Å². The highest BCUT2D eigenvalue weighted by Gasteiger charge is 2.23. The SMILES string of the molecule is COc1cc(/C=C/C(=O)N2CCC(CN)C2)cc(Cl)c1OCC(C)C. The van der Waals surface area contributed by atoms with Crippen molar-refractivity contribution in [3.05, 3.63) is 28.8 Å². The Morgan fingerprint density at radius 1 is 1.48 bits per heavy atom. The van der Waals surface area contributed by atoms with E-state index in [-0.39, 0.29) is 5.91 Å². The average Bonchev–Trinajstić information content (AvgIpc) is 3.07. The molecule has 2 rings (SSSR count). The molecule has 1 unspecified atom stereocenters. The summed E-state index contributed by atoms with van der Waals surface area (Å²) in [6.07, 6.45) is 4.29. The molecule has 0 radical (unpaired) electrons. The van der Waals surface area contributed by atoms with Crippen LogP contribution in [0.1, 0.15) is 25.8 Å². The molecule has 1 atom stereocenters. The van der Waals surface area contributed by atoms with Gasteiger partial charge in [-0.2, -0.15) is 0 Å². The van der Waals surface area contributed by atoms with Crippen LogP contribution in [0.15, 0.2) is 18.2 Å². The summed E-state index contributed by atoms with van der Waals surface area (Å²) in [6.45, 7) is 6.80. The molecule has 1 aromatic carbocycles. The normalized spacial score (nSPS) is 17.5. The lowest BCUT2D eigenvalue weighted by molar-refractivity contribution is -0.125. The van der Waals surface area contributed by atoms with E-state index in [4.69, 9.17) is 26.8 Å². The van der Waals surface area contributed by atoms with Crippen LogP contribution < -0.4 is 15.2 Å². The smallest absolute Gasteiger partial charge is 0.246 e.